The number of hydrogen-bond acceptors (Lipinski definition) is 3. The Hall–Kier alpha value is -0.940. The van der Waals surface area contributed by atoms with Gasteiger partial charge >= 0.3 is 0 Å². The zero-order chi connectivity index (χ0) is 12.4. The van der Waals surface area contributed by atoms with Gasteiger partial charge in [-0.15, -0.1) is 11.3 Å². The molecule has 0 aliphatic rings. The molecule has 5 heteroatoms. The molecule has 2 rings (SSSR count). The van der Waals surface area contributed by atoms with Crippen LogP contribution in [0.4, 0.5) is 9.39 Å². The van der Waals surface area contributed by atoms with E-state index in [9.17, 15) is 4.39 Å². The molecule has 0 amide bonds. The average Bonchev–Trinajstić information content (AvgIpc) is 2.60. The molecule has 2 nitrogen and oxygen atoms in total. The van der Waals surface area contributed by atoms with Crippen molar-refractivity contribution in [3.05, 3.63) is 33.5 Å². The maximum atomic E-state index is 13.0. The van der Waals surface area contributed by atoms with Crippen LogP contribution in [0.25, 0.3) is 11.3 Å². The van der Waals surface area contributed by atoms with Gasteiger partial charge in [-0.3, -0.25) is 0 Å². The quantitative estimate of drug-likeness (QED) is 0.920. The molecule has 0 radical (unpaired) electrons. The summed E-state index contributed by atoms with van der Waals surface area (Å²) in [7, 11) is 0. The molecule has 2 N–H and O–H groups in total. The number of halogens is 2. The van der Waals surface area contributed by atoms with Crippen LogP contribution in [0.3, 0.4) is 0 Å². The van der Waals surface area contributed by atoms with E-state index in [0.717, 1.165) is 29.1 Å². The highest BCUT2D eigenvalue weighted by Gasteiger charge is 2.13. The van der Waals surface area contributed by atoms with Crippen LogP contribution in [0, 0.1) is 5.82 Å². The average molecular weight is 315 g/mol. The van der Waals surface area contributed by atoms with E-state index in [-0.39, 0.29) is 5.82 Å². The number of hydrogen-bond donors (Lipinski definition) is 1. The molecule has 17 heavy (non-hydrogen) atoms. The molecule has 1 aromatic carbocycles. The van der Waals surface area contributed by atoms with Crippen molar-refractivity contribution in [3.63, 3.8) is 0 Å². The molecule has 0 saturated carbocycles. The van der Waals surface area contributed by atoms with E-state index >= 15 is 0 Å². The lowest BCUT2D eigenvalue weighted by Gasteiger charge is -2.02. The number of benzene rings is 1. The molecule has 1 aromatic heterocycles. The van der Waals surface area contributed by atoms with Crippen molar-refractivity contribution in [1.82, 2.24) is 4.98 Å². The largest absolute Gasteiger partial charge is 0.389 e. The molecular weight excluding hydrogens is 303 g/mol. The first-order valence-corrected chi connectivity index (χ1v) is 6.93. The Morgan fingerprint density at radius 3 is 2.88 bits per heavy atom. The zero-order valence-corrected chi connectivity index (χ0v) is 11.7. The third kappa shape index (κ3) is 2.66. The van der Waals surface area contributed by atoms with Gasteiger partial charge in [0.05, 0.1) is 5.01 Å². The zero-order valence-electron chi connectivity index (χ0n) is 9.34. The molecule has 0 saturated heterocycles. The van der Waals surface area contributed by atoms with Crippen LogP contribution < -0.4 is 5.73 Å². The fourth-order valence-electron chi connectivity index (χ4n) is 1.57. The second-order valence-electron chi connectivity index (χ2n) is 3.69. The molecule has 0 aliphatic carbocycles. The van der Waals surface area contributed by atoms with Gasteiger partial charge in [-0.25, -0.2) is 9.37 Å². The second-order valence-corrected chi connectivity index (χ2v) is 5.66. The summed E-state index contributed by atoms with van der Waals surface area (Å²) in [4.78, 5) is 4.50. The van der Waals surface area contributed by atoms with Gasteiger partial charge in [0.1, 0.15) is 16.5 Å². The van der Waals surface area contributed by atoms with Crippen LogP contribution in [0.1, 0.15) is 18.4 Å². The van der Waals surface area contributed by atoms with Crippen molar-refractivity contribution in [1.29, 1.82) is 0 Å². The summed E-state index contributed by atoms with van der Waals surface area (Å²) >= 11 is 4.83. The van der Waals surface area contributed by atoms with Gasteiger partial charge in [-0.2, -0.15) is 0 Å². The molecule has 1 heterocycles. The lowest BCUT2D eigenvalue weighted by atomic mass is 10.1. The first-order valence-electron chi connectivity index (χ1n) is 5.32. The third-order valence-electron chi connectivity index (χ3n) is 2.35. The maximum Gasteiger partial charge on any atom is 0.124 e. The number of anilines is 1. The molecular formula is C12H12BrFN2S. The van der Waals surface area contributed by atoms with Gasteiger partial charge in [0.2, 0.25) is 0 Å². The van der Waals surface area contributed by atoms with E-state index in [2.05, 4.69) is 27.8 Å². The summed E-state index contributed by atoms with van der Waals surface area (Å²) in [5, 5.41) is 1.71. The minimum atomic E-state index is -0.275. The van der Waals surface area contributed by atoms with Crippen LogP contribution in [-0.4, -0.2) is 4.98 Å². The van der Waals surface area contributed by atoms with Crippen molar-refractivity contribution < 1.29 is 4.39 Å². The molecule has 0 aliphatic heterocycles. The number of aromatic nitrogens is 1. The van der Waals surface area contributed by atoms with Crippen LogP contribution >= 0.6 is 27.3 Å². The smallest absolute Gasteiger partial charge is 0.124 e. The Labute approximate surface area is 112 Å². The van der Waals surface area contributed by atoms with Crippen LogP contribution in [0.2, 0.25) is 0 Å². The molecule has 0 bridgehead atoms. The topological polar surface area (TPSA) is 38.9 Å². The monoisotopic (exact) mass is 314 g/mol. The summed E-state index contributed by atoms with van der Waals surface area (Å²) in [5.74, 6) is -0.275. The van der Waals surface area contributed by atoms with Gasteiger partial charge in [0, 0.05) is 10.0 Å². The lowest BCUT2D eigenvalue weighted by Crippen LogP contribution is -1.88. The Morgan fingerprint density at radius 2 is 2.24 bits per heavy atom. The number of nitrogens with two attached hydrogens (primary N) is 1. The maximum absolute atomic E-state index is 13.0. The fourth-order valence-corrected chi connectivity index (χ4v) is 3.06. The van der Waals surface area contributed by atoms with Gasteiger partial charge < -0.3 is 5.73 Å². The predicted molar refractivity (Wildman–Crippen MR) is 73.6 cm³/mol. The highest BCUT2D eigenvalue weighted by atomic mass is 79.9. The number of thiazole rings is 1. The van der Waals surface area contributed by atoms with E-state index in [4.69, 9.17) is 5.73 Å². The highest BCUT2D eigenvalue weighted by molar-refractivity contribution is 9.10. The van der Waals surface area contributed by atoms with E-state index < -0.39 is 0 Å². The van der Waals surface area contributed by atoms with Crippen molar-refractivity contribution in [3.8, 4) is 11.3 Å². The molecule has 0 unspecified atom stereocenters. The van der Waals surface area contributed by atoms with E-state index in [1.165, 1.54) is 23.5 Å². The Morgan fingerprint density at radius 1 is 1.47 bits per heavy atom. The summed E-state index contributed by atoms with van der Waals surface area (Å²) in [6, 6.07) is 4.53. The van der Waals surface area contributed by atoms with E-state index in [1.54, 1.807) is 6.07 Å². The molecule has 0 fully saturated rings. The van der Waals surface area contributed by atoms with Gasteiger partial charge in [0.15, 0.2) is 0 Å². The Balaban J connectivity index is 2.45. The van der Waals surface area contributed by atoms with Crippen LogP contribution in [0.15, 0.2) is 22.7 Å². The van der Waals surface area contributed by atoms with E-state index in [1.807, 2.05) is 0 Å². The van der Waals surface area contributed by atoms with Crippen molar-refractivity contribution in [2.45, 2.75) is 19.8 Å². The standard InChI is InChI=1S/C12H12BrFN2S/c1-2-3-10-16-11(12(15)17-10)8-5-4-7(14)6-9(8)13/h4-6H,2-3,15H2,1H3. The van der Waals surface area contributed by atoms with Crippen molar-refractivity contribution >= 4 is 32.3 Å². The summed E-state index contributed by atoms with van der Waals surface area (Å²) in [5.41, 5.74) is 7.53. The van der Waals surface area contributed by atoms with Gasteiger partial charge in [-0.1, -0.05) is 6.92 Å². The number of nitrogens with zero attached hydrogens (tertiary/aromatic N) is 1. The third-order valence-corrected chi connectivity index (χ3v) is 3.95. The minimum absolute atomic E-state index is 0.275. The summed E-state index contributed by atoms with van der Waals surface area (Å²) in [6.07, 6.45) is 1.96. The molecule has 0 atom stereocenters. The minimum Gasteiger partial charge on any atom is -0.389 e. The van der Waals surface area contributed by atoms with Gasteiger partial charge in [-0.05, 0) is 47.0 Å². The Kier molecular flexibility index (Phi) is 3.79. The molecule has 0 spiro atoms. The van der Waals surface area contributed by atoms with Crippen molar-refractivity contribution in [2.75, 3.05) is 5.73 Å². The molecule has 90 valence electrons. The van der Waals surface area contributed by atoms with Crippen molar-refractivity contribution in [2.24, 2.45) is 0 Å². The first-order chi connectivity index (χ1) is 8.11. The predicted octanol–water partition coefficient (Wildman–Crippen LogP) is 4.25. The fraction of sp³-hybridized carbons (Fsp3) is 0.250. The van der Waals surface area contributed by atoms with Crippen LogP contribution in [-0.2, 0) is 6.42 Å². The first kappa shape index (κ1) is 12.5. The SMILES string of the molecule is CCCc1nc(-c2ccc(F)cc2Br)c(N)s1. The summed E-state index contributed by atoms with van der Waals surface area (Å²) in [6.45, 7) is 2.10. The highest BCUT2D eigenvalue weighted by Crippen LogP contribution is 2.35. The van der Waals surface area contributed by atoms with E-state index in [0.29, 0.717) is 9.47 Å². The normalized spacial score (nSPS) is 10.8. The lowest BCUT2D eigenvalue weighted by molar-refractivity contribution is 0.627. The van der Waals surface area contributed by atoms with Gasteiger partial charge in [0.25, 0.3) is 0 Å². The number of aryl methyl sites for hydroxylation is 1. The molecule has 2 aromatic rings. The summed E-state index contributed by atoms with van der Waals surface area (Å²) < 4.78 is 13.7. The number of rotatable bonds is 3. The number of nitrogen functional groups attached to an aromatic ring is 1. The van der Waals surface area contributed by atoms with Crippen LogP contribution in [0.5, 0.6) is 0 Å². The Bertz CT molecular complexity index is 539. The second kappa shape index (κ2) is 5.14.